The summed E-state index contributed by atoms with van der Waals surface area (Å²) in [5.74, 6) is 0.610. The van der Waals surface area contributed by atoms with Crippen LogP contribution in [0.4, 0.5) is 0 Å². The molecule has 2 unspecified atom stereocenters. The van der Waals surface area contributed by atoms with Gasteiger partial charge in [0, 0.05) is 30.0 Å². The number of likely N-dealkylation sites (N-methyl/N-ethyl adjacent to an activating group) is 1. The number of rotatable bonds is 6. The van der Waals surface area contributed by atoms with E-state index in [1.54, 1.807) is 0 Å². The van der Waals surface area contributed by atoms with E-state index in [4.69, 9.17) is 0 Å². The smallest absolute Gasteiger partial charge is 0.0426 e. The lowest BCUT2D eigenvalue weighted by atomic mass is 9.97. The van der Waals surface area contributed by atoms with Gasteiger partial charge in [-0.1, -0.05) is 13.8 Å². The van der Waals surface area contributed by atoms with E-state index in [0.29, 0.717) is 18.0 Å². The van der Waals surface area contributed by atoms with Gasteiger partial charge < -0.3 is 10.2 Å². The fraction of sp³-hybridized carbons (Fsp3) is 0.706. The Balaban J connectivity index is 2.92. The summed E-state index contributed by atoms with van der Waals surface area (Å²) < 4.78 is 0. The molecule has 3 heteroatoms. The van der Waals surface area contributed by atoms with E-state index in [-0.39, 0.29) is 0 Å². The molecule has 3 nitrogen and oxygen atoms in total. The molecular formula is C17H31N3. The Hall–Kier alpha value is -0.930. The van der Waals surface area contributed by atoms with Gasteiger partial charge in [-0.25, -0.2) is 0 Å². The maximum atomic E-state index is 4.62. The van der Waals surface area contributed by atoms with Crippen LogP contribution in [0.5, 0.6) is 0 Å². The van der Waals surface area contributed by atoms with Crippen molar-refractivity contribution in [1.29, 1.82) is 0 Å². The first-order valence-electron chi connectivity index (χ1n) is 7.57. The molecule has 1 heterocycles. The number of aromatic nitrogens is 1. The summed E-state index contributed by atoms with van der Waals surface area (Å²) in [4.78, 5) is 6.87. The quantitative estimate of drug-likeness (QED) is 0.865. The number of hydrogen-bond donors (Lipinski definition) is 1. The molecule has 0 aliphatic carbocycles. The summed E-state index contributed by atoms with van der Waals surface area (Å²) in [5, 5.41) is 3.78. The van der Waals surface area contributed by atoms with Crippen LogP contribution in [0.15, 0.2) is 6.07 Å². The minimum Gasteiger partial charge on any atom is -0.308 e. The van der Waals surface area contributed by atoms with Gasteiger partial charge in [0.2, 0.25) is 0 Å². The van der Waals surface area contributed by atoms with Crippen molar-refractivity contribution < 1.29 is 0 Å². The lowest BCUT2D eigenvalue weighted by molar-refractivity contribution is 0.273. The predicted octanol–water partition coefficient (Wildman–Crippen LogP) is 3.24. The highest BCUT2D eigenvalue weighted by molar-refractivity contribution is 5.33. The maximum absolute atomic E-state index is 4.62. The molecule has 1 N–H and O–H groups in total. The van der Waals surface area contributed by atoms with E-state index < -0.39 is 0 Å². The van der Waals surface area contributed by atoms with Gasteiger partial charge in [-0.2, -0.15) is 0 Å². The first-order valence-corrected chi connectivity index (χ1v) is 7.57. The summed E-state index contributed by atoms with van der Waals surface area (Å²) in [6.45, 7) is 14.2. The Morgan fingerprint density at radius 2 is 1.75 bits per heavy atom. The SMILES string of the molecule is Cc1cc(C)c(C(C)NC(CN(C)C)C(C)C)c(C)n1. The van der Waals surface area contributed by atoms with Gasteiger partial charge >= 0.3 is 0 Å². The maximum Gasteiger partial charge on any atom is 0.0426 e. The number of pyridine rings is 1. The molecule has 2 atom stereocenters. The van der Waals surface area contributed by atoms with Gasteiger partial charge in [-0.3, -0.25) is 4.98 Å². The lowest BCUT2D eigenvalue weighted by Gasteiger charge is -2.30. The predicted molar refractivity (Wildman–Crippen MR) is 87.2 cm³/mol. The fourth-order valence-electron chi connectivity index (χ4n) is 2.94. The molecule has 0 aromatic carbocycles. The topological polar surface area (TPSA) is 28.2 Å². The monoisotopic (exact) mass is 277 g/mol. The Morgan fingerprint density at radius 1 is 1.15 bits per heavy atom. The van der Waals surface area contributed by atoms with Crippen LogP contribution in [0.25, 0.3) is 0 Å². The Labute approximate surface area is 124 Å². The van der Waals surface area contributed by atoms with E-state index >= 15 is 0 Å². The highest BCUT2D eigenvalue weighted by Gasteiger charge is 2.20. The Morgan fingerprint density at radius 3 is 2.20 bits per heavy atom. The van der Waals surface area contributed by atoms with Gasteiger partial charge in [0.15, 0.2) is 0 Å². The van der Waals surface area contributed by atoms with E-state index in [1.165, 1.54) is 11.1 Å². The summed E-state index contributed by atoms with van der Waals surface area (Å²) in [6, 6.07) is 2.99. The number of hydrogen-bond acceptors (Lipinski definition) is 3. The minimum absolute atomic E-state index is 0.329. The van der Waals surface area contributed by atoms with E-state index in [1.807, 2.05) is 0 Å². The normalized spacial score (nSPS) is 14.9. The van der Waals surface area contributed by atoms with Crippen molar-refractivity contribution in [3.63, 3.8) is 0 Å². The zero-order valence-electron chi connectivity index (χ0n) is 14.4. The largest absolute Gasteiger partial charge is 0.308 e. The summed E-state index contributed by atoms with van der Waals surface area (Å²) in [7, 11) is 4.26. The summed E-state index contributed by atoms with van der Waals surface area (Å²) >= 11 is 0. The Bertz CT molecular complexity index is 415. The minimum atomic E-state index is 0.329. The molecule has 0 radical (unpaired) electrons. The van der Waals surface area contributed by atoms with Crippen LogP contribution >= 0.6 is 0 Å². The van der Waals surface area contributed by atoms with E-state index in [0.717, 1.165) is 17.9 Å². The van der Waals surface area contributed by atoms with Crippen LogP contribution < -0.4 is 5.32 Å². The molecule has 1 rings (SSSR count). The second kappa shape index (κ2) is 7.19. The van der Waals surface area contributed by atoms with Gasteiger partial charge in [0.05, 0.1) is 0 Å². The molecule has 0 aliphatic heterocycles. The van der Waals surface area contributed by atoms with Gasteiger partial charge in [-0.05, 0) is 64.9 Å². The number of nitrogens with one attached hydrogen (secondary N) is 1. The van der Waals surface area contributed by atoms with Crippen molar-refractivity contribution in [2.75, 3.05) is 20.6 Å². The molecule has 0 saturated carbocycles. The van der Waals surface area contributed by atoms with Crippen LogP contribution in [0.1, 0.15) is 49.3 Å². The molecular weight excluding hydrogens is 246 g/mol. The molecule has 0 bridgehead atoms. The third-order valence-corrected chi connectivity index (χ3v) is 3.85. The van der Waals surface area contributed by atoms with Crippen molar-refractivity contribution in [2.24, 2.45) is 5.92 Å². The van der Waals surface area contributed by atoms with Gasteiger partial charge in [0.25, 0.3) is 0 Å². The molecule has 0 amide bonds. The van der Waals surface area contributed by atoms with Crippen LogP contribution in [0, 0.1) is 26.7 Å². The molecule has 1 aromatic rings. The number of nitrogens with zero attached hydrogens (tertiary/aromatic N) is 2. The molecule has 0 saturated heterocycles. The first-order chi connectivity index (χ1) is 9.22. The van der Waals surface area contributed by atoms with Crippen molar-refractivity contribution in [3.8, 4) is 0 Å². The third kappa shape index (κ3) is 4.57. The van der Waals surface area contributed by atoms with Crippen molar-refractivity contribution in [2.45, 2.75) is 53.6 Å². The van der Waals surface area contributed by atoms with Crippen LogP contribution in [0.3, 0.4) is 0 Å². The molecule has 0 fully saturated rings. The molecule has 1 aromatic heterocycles. The van der Waals surface area contributed by atoms with Gasteiger partial charge in [-0.15, -0.1) is 0 Å². The van der Waals surface area contributed by atoms with Crippen molar-refractivity contribution in [3.05, 3.63) is 28.6 Å². The zero-order valence-corrected chi connectivity index (χ0v) is 14.4. The molecule has 0 aliphatic rings. The second-order valence-electron chi connectivity index (χ2n) is 6.58. The van der Waals surface area contributed by atoms with Crippen LogP contribution in [-0.2, 0) is 0 Å². The first kappa shape index (κ1) is 17.1. The third-order valence-electron chi connectivity index (χ3n) is 3.85. The standard InChI is InChI=1S/C17H31N3/c1-11(2)16(10-20(7)8)19-15(6)17-12(3)9-13(4)18-14(17)5/h9,11,15-16,19H,10H2,1-8H3. The molecule has 0 spiro atoms. The molecule has 20 heavy (non-hydrogen) atoms. The van der Waals surface area contributed by atoms with Crippen LogP contribution in [0.2, 0.25) is 0 Å². The average molecular weight is 277 g/mol. The van der Waals surface area contributed by atoms with E-state index in [2.05, 4.69) is 76.9 Å². The zero-order chi connectivity index (χ0) is 15.4. The van der Waals surface area contributed by atoms with Gasteiger partial charge in [0.1, 0.15) is 0 Å². The van der Waals surface area contributed by atoms with Crippen molar-refractivity contribution in [1.82, 2.24) is 15.2 Å². The Kier molecular flexibility index (Phi) is 6.15. The average Bonchev–Trinajstić information content (AvgIpc) is 2.25. The van der Waals surface area contributed by atoms with Crippen molar-refractivity contribution >= 4 is 0 Å². The van der Waals surface area contributed by atoms with Crippen LogP contribution in [-0.4, -0.2) is 36.6 Å². The lowest BCUT2D eigenvalue weighted by Crippen LogP contribution is -2.43. The van der Waals surface area contributed by atoms with E-state index in [9.17, 15) is 0 Å². The second-order valence-corrected chi connectivity index (χ2v) is 6.58. The highest BCUT2D eigenvalue weighted by atomic mass is 15.1. The summed E-state index contributed by atoms with van der Waals surface area (Å²) in [6.07, 6.45) is 0. The number of aryl methyl sites for hydroxylation is 3. The summed E-state index contributed by atoms with van der Waals surface area (Å²) in [5.41, 5.74) is 4.93. The highest BCUT2D eigenvalue weighted by Crippen LogP contribution is 2.22. The fourth-order valence-corrected chi connectivity index (χ4v) is 2.94. The molecule has 114 valence electrons.